The minimum atomic E-state index is -0.934. The van der Waals surface area contributed by atoms with Gasteiger partial charge in [-0.1, -0.05) is 6.08 Å². The highest BCUT2D eigenvalue weighted by Gasteiger charge is 2.17. The summed E-state index contributed by atoms with van der Waals surface area (Å²) in [5.41, 5.74) is 3.16. The van der Waals surface area contributed by atoms with Gasteiger partial charge in [0.2, 0.25) is 0 Å². The van der Waals surface area contributed by atoms with Crippen LogP contribution >= 0.6 is 0 Å². The number of methoxy groups -OCH3 is 1. The van der Waals surface area contributed by atoms with E-state index in [-0.39, 0.29) is 11.3 Å². The van der Waals surface area contributed by atoms with E-state index in [2.05, 4.69) is 4.98 Å². The molecule has 2 aromatic heterocycles. The Morgan fingerprint density at radius 2 is 2.03 bits per heavy atom. The van der Waals surface area contributed by atoms with Gasteiger partial charge in [-0.2, -0.15) is 0 Å². The molecule has 29 heavy (non-hydrogen) atoms. The highest BCUT2D eigenvalue weighted by molar-refractivity contribution is 5.73. The summed E-state index contributed by atoms with van der Waals surface area (Å²) in [5, 5.41) is 18.7. The van der Waals surface area contributed by atoms with Gasteiger partial charge in [-0.05, 0) is 41.8 Å². The Labute approximate surface area is 165 Å². The number of phenols is 1. The third-order valence-corrected chi connectivity index (χ3v) is 4.97. The van der Waals surface area contributed by atoms with E-state index in [4.69, 9.17) is 9.84 Å². The average molecular weight is 393 g/mol. The molecule has 0 spiro atoms. The third-order valence-electron chi connectivity index (χ3n) is 4.97. The van der Waals surface area contributed by atoms with E-state index in [1.54, 1.807) is 18.3 Å². The highest BCUT2D eigenvalue weighted by Crippen LogP contribution is 2.31. The summed E-state index contributed by atoms with van der Waals surface area (Å²) in [7, 11) is 1.49. The maximum atomic E-state index is 12.7. The van der Waals surface area contributed by atoms with Gasteiger partial charge < -0.3 is 19.8 Å². The lowest BCUT2D eigenvalue weighted by molar-refractivity contribution is 0.150. The Hall–Kier alpha value is -3.81. The van der Waals surface area contributed by atoms with Gasteiger partial charge in [-0.15, -0.1) is 0 Å². The van der Waals surface area contributed by atoms with Crippen molar-refractivity contribution in [2.24, 2.45) is 0 Å². The molecule has 0 bridgehead atoms. The van der Waals surface area contributed by atoms with E-state index >= 15 is 0 Å². The van der Waals surface area contributed by atoms with Crippen LogP contribution in [0.15, 0.2) is 53.5 Å². The van der Waals surface area contributed by atoms with Crippen molar-refractivity contribution in [1.82, 2.24) is 14.3 Å². The second kappa shape index (κ2) is 7.31. The lowest BCUT2D eigenvalue weighted by atomic mass is 10.0. The summed E-state index contributed by atoms with van der Waals surface area (Å²) in [6.07, 6.45) is 3.25. The molecule has 1 aliphatic heterocycles. The standard InChI is InChI=1S/C21H19N3O5/c1-29-18-10-15(25)3-4-16(18)17-11-20(26)24-12-14(2-5-19(24)22-17)13-6-8-23(9-7-13)21(27)28/h2-6,10-12,25H,7-9H2,1H3,(H,27,28). The molecule has 4 rings (SSSR count). The Balaban J connectivity index is 1.74. The van der Waals surface area contributed by atoms with Crippen LogP contribution in [-0.4, -0.2) is 50.8 Å². The quantitative estimate of drug-likeness (QED) is 0.709. The fourth-order valence-corrected chi connectivity index (χ4v) is 3.43. The zero-order valence-corrected chi connectivity index (χ0v) is 15.7. The number of fused-ring (bicyclic) bond motifs is 1. The van der Waals surface area contributed by atoms with E-state index in [1.807, 2.05) is 12.1 Å². The molecule has 148 valence electrons. The van der Waals surface area contributed by atoms with Crippen LogP contribution in [0.4, 0.5) is 4.79 Å². The predicted octanol–water partition coefficient (Wildman–Crippen LogP) is 2.84. The number of aromatic hydroxyl groups is 1. The molecular formula is C21H19N3O5. The van der Waals surface area contributed by atoms with Gasteiger partial charge in [0, 0.05) is 37.0 Å². The van der Waals surface area contributed by atoms with E-state index < -0.39 is 6.09 Å². The van der Waals surface area contributed by atoms with Crippen molar-refractivity contribution in [3.8, 4) is 22.8 Å². The monoisotopic (exact) mass is 393 g/mol. The maximum Gasteiger partial charge on any atom is 0.407 e. The van der Waals surface area contributed by atoms with Crippen LogP contribution in [0.5, 0.6) is 11.5 Å². The van der Waals surface area contributed by atoms with Crippen molar-refractivity contribution in [2.75, 3.05) is 20.2 Å². The van der Waals surface area contributed by atoms with Crippen LogP contribution in [-0.2, 0) is 0 Å². The van der Waals surface area contributed by atoms with Crippen molar-refractivity contribution in [1.29, 1.82) is 0 Å². The van der Waals surface area contributed by atoms with Crippen LogP contribution in [0, 0.1) is 0 Å². The number of amides is 1. The molecule has 1 aromatic carbocycles. The SMILES string of the molecule is COc1cc(O)ccc1-c1cc(=O)n2cc(C3=CCN(C(=O)O)CC3)ccc2n1. The van der Waals surface area contributed by atoms with Crippen LogP contribution in [0.1, 0.15) is 12.0 Å². The minimum Gasteiger partial charge on any atom is -0.508 e. The number of hydrogen-bond donors (Lipinski definition) is 2. The number of phenolic OH excluding ortho intramolecular Hbond substituents is 1. The van der Waals surface area contributed by atoms with Gasteiger partial charge in [-0.25, -0.2) is 9.78 Å². The number of nitrogens with zero attached hydrogens (tertiary/aromatic N) is 3. The normalized spacial score (nSPS) is 14.0. The van der Waals surface area contributed by atoms with Gasteiger partial charge >= 0.3 is 6.09 Å². The molecule has 0 saturated heterocycles. The molecule has 1 amide bonds. The van der Waals surface area contributed by atoms with E-state index in [1.165, 1.54) is 34.6 Å². The maximum absolute atomic E-state index is 12.7. The summed E-state index contributed by atoms with van der Waals surface area (Å²) in [6.45, 7) is 0.751. The number of carbonyl (C=O) groups is 1. The Morgan fingerprint density at radius 1 is 1.21 bits per heavy atom. The molecule has 0 radical (unpaired) electrons. The first-order chi connectivity index (χ1) is 14.0. The topological polar surface area (TPSA) is 104 Å². The van der Waals surface area contributed by atoms with Crippen molar-refractivity contribution < 1.29 is 19.7 Å². The van der Waals surface area contributed by atoms with Gasteiger partial charge in [0.15, 0.2) is 0 Å². The first-order valence-electron chi connectivity index (χ1n) is 9.04. The zero-order chi connectivity index (χ0) is 20.5. The van der Waals surface area contributed by atoms with E-state index in [9.17, 15) is 14.7 Å². The van der Waals surface area contributed by atoms with Gasteiger partial charge in [0.1, 0.15) is 17.1 Å². The average Bonchev–Trinajstić information content (AvgIpc) is 2.73. The zero-order valence-electron chi connectivity index (χ0n) is 15.7. The Bertz CT molecular complexity index is 1200. The van der Waals surface area contributed by atoms with Gasteiger partial charge in [0.25, 0.3) is 5.56 Å². The molecule has 1 aliphatic rings. The van der Waals surface area contributed by atoms with Crippen LogP contribution in [0.3, 0.4) is 0 Å². The number of hydrogen-bond acceptors (Lipinski definition) is 5. The molecule has 0 unspecified atom stereocenters. The van der Waals surface area contributed by atoms with Crippen LogP contribution in [0.2, 0.25) is 0 Å². The molecule has 8 heteroatoms. The first kappa shape index (κ1) is 18.5. The number of carboxylic acid groups (broad SMARTS) is 1. The molecule has 3 heterocycles. The molecule has 0 aliphatic carbocycles. The molecule has 0 fully saturated rings. The highest BCUT2D eigenvalue weighted by atomic mass is 16.5. The van der Waals surface area contributed by atoms with Crippen molar-refractivity contribution in [2.45, 2.75) is 6.42 Å². The number of pyridine rings is 1. The van der Waals surface area contributed by atoms with E-state index in [0.717, 1.165) is 11.1 Å². The smallest absolute Gasteiger partial charge is 0.407 e. The summed E-state index contributed by atoms with van der Waals surface area (Å²) in [4.78, 5) is 29.7. The fourth-order valence-electron chi connectivity index (χ4n) is 3.43. The number of ether oxygens (including phenoxy) is 1. The van der Waals surface area contributed by atoms with Crippen LogP contribution in [0.25, 0.3) is 22.5 Å². The van der Waals surface area contributed by atoms with E-state index in [0.29, 0.717) is 42.2 Å². The predicted molar refractivity (Wildman–Crippen MR) is 107 cm³/mol. The molecule has 3 aromatic rings. The van der Waals surface area contributed by atoms with Crippen molar-refractivity contribution in [3.63, 3.8) is 0 Å². The van der Waals surface area contributed by atoms with Crippen LogP contribution < -0.4 is 10.3 Å². The number of aromatic nitrogens is 2. The second-order valence-corrected chi connectivity index (χ2v) is 6.72. The van der Waals surface area contributed by atoms with Crippen molar-refractivity contribution in [3.05, 3.63) is 64.6 Å². The molecule has 0 atom stereocenters. The van der Waals surface area contributed by atoms with Gasteiger partial charge in [-0.3, -0.25) is 9.20 Å². The molecule has 2 N–H and O–H groups in total. The summed E-state index contributed by atoms with van der Waals surface area (Å²) < 4.78 is 6.76. The van der Waals surface area contributed by atoms with Crippen molar-refractivity contribution >= 4 is 17.3 Å². The number of rotatable bonds is 3. The molecule has 8 nitrogen and oxygen atoms in total. The third kappa shape index (κ3) is 3.52. The Morgan fingerprint density at radius 3 is 2.72 bits per heavy atom. The summed E-state index contributed by atoms with van der Waals surface area (Å²) in [6, 6.07) is 9.70. The minimum absolute atomic E-state index is 0.0648. The largest absolute Gasteiger partial charge is 0.508 e. The van der Waals surface area contributed by atoms with Gasteiger partial charge in [0.05, 0.1) is 12.8 Å². The number of benzene rings is 1. The summed E-state index contributed by atoms with van der Waals surface area (Å²) >= 11 is 0. The lowest BCUT2D eigenvalue weighted by Crippen LogP contribution is -2.33. The lowest BCUT2D eigenvalue weighted by Gasteiger charge is -2.23. The summed E-state index contributed by atoms with van der Waals surface area (Å²) in [5.74, 6) is 0.489. The fraction of sp³-hybridized carbons (Fsp3) is 0.190. The first-order valence-corrected chi connectivity index (χ1v) is 9.04. The molecule has 0 saturated carbocycles. The second-order valence-electron chi connectivity index (χ2n) is 6.72. The Kier molecular flexibility index (Phi) is 4.67. The molecular weight excluding hydrogens is 374 g/mol.